The highest BCUT2D eigenvalue weighted by atomic mass is 16.4. The molecule has 0 aromatic heterocycles. The van der Waals surface area contributed by atoms with Crippen LogP contribution in [0.2, 0.25) is 0 Å². The lowest BCUT2D eigenvalue weighted by Gasteiger charge is -2.16. The second kappa shape index (κ2) is 8.15. The number of hydrogen-bond donors (Lipinski definition) is 2. The van der Waals surface area contributed by atoms with Gasteiger partial charge in [-0.1, -0.05) is 12.2 Å². The van der Waals surface area contributed by atoms with Gasteiger partial charge in [0.2, 0.25) is 0 Å². The number of carboxylic acids is 2. The standard InChI is InChI=1S/C7H11N.C5H6O4/c1-2-8-6-4-3-5-7-8;1-3(5(8)9)2-4(6)7/h3-6H,2,7H2,1H3;2H,1H3,(H,6,7)(H,8,9)/b;3-2-. The summed E-state index contributed by atoms with van der Waals surface area (Å²) in [5.74, 6) is -2.45. The Hall–Kier alpha value is -2.04. The van der Waals surface area contributed by atoms with Crippen molar-refractivity contribution in [2.24, 2.45) is 0 Å². The summed E-state index contributed by atoms with van der Waals surface area (Å²) in [5.41, 5.74) is -0.178. The van der Waals surface area contributed by atoms with E-state index < -0.39 is 11.9 Å². The van der Waals surface area contributed by atoms with Gasteiger partial charge in [-0.05, 0) is 26.1 Å². The monoisotopic (exact) mass is 239 g/mol. The average Bonchev–Trinajstić information content (AvgIpc) is 2.30. The maximum absolute atomic E-state index is 9.90. The molecule has 17 heavy (non-hydrogen) atoms. The van der Waals surface area contributed by atoms with E-state index in [1.807, 2.05) is 0 Å². The van der Waals surface area contributed by atoms with Crippen LogP contribution in [0.1, 0.15) is 13.8 Å². The van der Waals surface area contributed by atoms with Gasteiger partial charge in [0.25, 0.3) is 0 Å². The van der Waals surface area contributed by atoms with Crippen molar-refractivity contribution in [1.82, 2.24) is 4.90 Å². The molecule has 94 valence electrons. The van der Waals surface area contributed by atoms with Gasteiger partial charge in [0, 0.05) is 24.7 Å². The lowest BCUT2D eigenvalue weighted by molar-refractivity contribution is -0.135. The number of nitrogens with zero attached hydrogens (tertiary/aromatic N) is 1. The van der Waals surface area contributed by atoms with E-state index in [1.54, 1.807) is 0 Å². The van der Waals surface area contributed by atoms with Gasteiger partial charge in [-0.2, -0.15) is 0 Å². The topological polar surface area (TPSA) is 77.8 Å². The molecule has 1 heterocycles. The lowest BCUT2D eigenvalue weighted by atomic mass is 10.3. The minimum atomic E-state index is -1.24. The molecule has 1 rings (SSSR count). The molecule has 0 radical (unpaired) electrons. The second-order valence-corrected chi connectivity index (χ2v) is 3.33. The highest BCUT2D eigenvalue weighted by molar-refractivity contribution is 5.93. The van der Waals surface area contributed by atoms with Gasteiger partial charge in [-0.3, -0.25) is 0 Å². The summed E-state index contributed by atoms with van der Waals surface area (Å²) in [4.78, 5) is 21.9. The molecule has 1 aliphatic heterocycles. The predicted octanol–water partition coefficient (Wildman–Crippen LogP) is 1.49. The Bertz CT molecular complexity index is 356. The molecule has 0 saturated carbocycles. The van der Waals surface area contributed by atoms with E-state index >= 15 is 0 Å². The maximum atomic E-state index is 9.90. The Morgan fingerprint density at radius 3 is 2.24 bits per heavy atom. The third-order valence-corrected chi connectivity index (χ3v) is 1.97. The number of likely N-dealkylation sites (N-methyl/N-ethyl adjacent to an activating group) is 1. The van der Waals surface area contributed by atoms with Gasteiger partial charge in [0.15, 0.2) is 0 Å². The first-order valence-electron chi connectivity index (χ1n) is 5.19. The van der Waals surface area contributed by atoms with Crippen molar-refractivity contribution in [2.45, 2.75) is 13.8 Å². The summed E-state index contributed by atoms with van der Waals surface area (Å²) in [5, 5.41) is 16.1. The van der Waals surface area contributed by atoms with Crippen LogP contribution in [0.15, 0.2) is 36.1 Å². The van der Waals surface area contributed by atoms with Crippen molar-refractivity contribution >= 4 is 11.9 Å². The molecule has 1 aliphatic rings. The van der Waals surface area contributed by atoms with Crippen LogP contribution in [-0.4, -0.2) is 40.1 Å². The number of carbonyl (C=O) groups is 2. The van der Waals surface area contributed by atoms with Gasteiger partial charge in [-0.15, -0.1) is 0 Å². The third-order valence-electron chi connectivity index (χ3n) is 1.97. The summed E-state index contributed by atoms with van der Waals surface area (Å²) in [6.45, 7) is 5.56. The summed E-state index contributed by atoms with van der Waals surface area (Å²) in [7, 11) is 0. The van der Waals surface area contributed by atoms with Crippen molar-refractivity contribution in [3.8, 4) is 0 Å². The zero-order valence-electron chi connectivity index (χ0n) is 9.96. The van der Waals surface area contributed by atoms with Crippen molar-refractivity contribution < 1.29 is 19.8 Å². The van der Waals surface area contributed by atoms with Crippen molar-refractivity contribution in [3.63, 3.8) is 0 Å². The summed E-state index contributed by atoms with van der Waals surface area (Å²) < 4.78 is 0. The predicted molar refractivity (Wildman–Crippen MR) is 64.6 cm³/mol. The Morgan fingerprint density at radius 1 is 1.35 bits per heavy atom. The summed E-state index contributed by atoms with van der Waals surface area (Å²) in [6, 6.07) is 0. The Balaban J connectivity index is 0.000000302. The van der Waals surface area contributed by atoms with Crippen LogP contribution in [0.5, 0.6) is 0 Å². The summed E-state index contributed by atoms with van der Waals surface area (Å²) in [6.07, 6.45) is 9.05. The summed E-state index contributed by atoms with van der Waals surface area (Å²) >= 11 is 0. The average molecular weight is 239 g/mol. The number of allylic oxidation sites excluding steroid dienone is 2. The molecule has 5 nitrogen and oxygen atoms in total. The van der Waals surface area contributed by atoms with E-state index in [4.69, 9.17) is 10.2 Å². The first-order chi connectivity index (χ1) is 7.97. The highest BCUT2D eigenvalue weighted by Crippen LogP contribution is 1.95. The maximum Gasteiger partial charge on any atom is 0.331 e. The fourth-order valence-electron chi connectivity index (χ4n) is 0.989. The highest BCUT2D eigenvalue weighted by Gasteiger charge is 2.00. The van der Waals surface area contributed by atoms with Crippen molar-refractivity contribution in [3.05, 3.63) is 36.1 Å². The molecule has 5 heteroatoms. The fraction of sp³-hybridized carbons (Fsp3) is 0.333. The van der Waals surface area contributed by atoms with Crippen LogP contribution in [-0.2, 0) is 9.59 Å². The normalized spacial score (nSPS) is 14.0. The molecular weight excluding hydrogens is 222 g/mol. The molecule has 0 aromatic rings. The fourth-order valence-corrected chi connectivity index (χ4v) is 0.989. The van der Waals surface area contributed by atoms with Crippen molar-refractivity contribution in [1.29, 1.82) is 0 Å². The van der Waals surface area contributed by atoms with Crippen molar-refractivity contribution in [2.75, 3.05) is 13.1 Å². The second-order valence-electron chi connectivity index (χ2n) is 3.33. The first kappa shape index (κ1) is 15.0. The molecule has 0 atom stereocenters. The van der Waals surface area contributed by atoms with Gasteiger partial charge in [0.05, 0.1) is 0 Å². The lowest BCUT2D eigenvalue weighted by Crippen LogP contribution is -2.17. The molecule has 0 aliphatic carbocycles. The van der Waals surface area contributed by atoms with Gasteiger partial charge in [-0.25, -0.2) is 9.59 Å². The Labute approximate surface area is 100 Å². The van der Waals surface area contributed by atoms with Crippen LogP contribution in [0, 0.1) is 0 Å². The van der Waals surface area contributed by atoms with Crippen LogP contribution in [0.4, 0.5) is 0 Å². The molecule has 0 bridgehead atoms. The van der Waals surface area contributed by atoms with E-state index in [0.717, 1.165) is 13.1 Å². The minimum Gasteiger partial charge on any atom is -0.478 e. The first-order valence-corrected chi connectivity index (χ1v) is 5.19. The number of carboxylic acid groups (broad SMARTS) is 2. The Kier molecular flexibility index (Phi) is 7.17. The van der Waals surface area contributed by atoms with E-state index in [2.05, 4.69) is 36.3 Å². The molecular formula is C12H17NO4. The van der Waals surface area contributed by atoms with E-state index in [9.17, 15) is 9.59 Å². The molecule has 0 spiro atoms. The van der Waals surface area contributed by atoms with E-state index in [1.165, 1.54) is 6.92 Å². The molecule has 0 saturated heterocycles. The number of hydrogen-bond acceptors (Lipinski definition) is 3. The zero-order valence-corrected chi connectivity index (χ0v) is 9.96. The van der Waals surface area contributed by atoms with Gasteiger partial charge < -0.3 is 15.1 Å². The quantitative estimate of drug-likeness (QED) is 0.730. The van der Waals surface area contributed by atoms with Gasteiger partial charge in [0.1, 0.15) is 0 Å². The van der Waals surface area contributed by atoms with Crippen LogP contribution >= 0.6 is 0 Å². The van der Waals surface area contributed by atoms with E-state index in [0.29, 0.717) is 6.08 Å². The SMILES string of the molecule is C/C(=C/C(=O)O)C(=O)O.CCN1C=CC=CC1. The molecule has 2 N–H and O–H groups in total. The van der Waals surface area contributed by atoms with Crippen LogP contribution < -0.4 is 0 Å². The molecule has 0 amide bonds. The zero-order chi connectivity index (χ0) is 13.3. The van der Waals surface area contributed by atoms with Gasteiger partial charge >= 0.3 is 11.9 Å². The van der Waals surface area contributed by atoms with Crippen LogP contribution in [0.25, 0.3) is 0 Å². The van der Waals surface area contributed by atoms with Crippen LogP contribution in [0.3, 0.4) is 0 Å². The Morgan fingerprint density at radius 2 is 2.00 bits per heavy atom. The smallest absolute Gasteiger partial charge is 0.331 e. The number of rotatable bonds is 3. The minimum absolute atomic E-state index is 0.178. The largest absolute Gasteiger partial charge is 0.478 e. The number of aliphatic carboxylic acids is 2. The molecule has 0 fully saturated rings. The van der Waals surface area contributed by atoms with E-state index in [-0.39, 0.29) is 5.57 Å². The molecule has 0 unspecified atom stereocenters. The molecule has 0 aromatic carbocycles. The third kappa shape index (κ3) is 7.84.